The van der Waals surface area contributed by atoms with Gasteiger partial charge in [-0.2, -0.15) is 0 Å². The molecule has 1 atom stereocenters. The van der Waals surface area contributed by atoms with Crippen LogP contribution in [0.5, 0.6) is 0 Å². The van der Waals surface area contributed by atoms with Gasteiger partial charge in [-0.15, -0.1) is 0 Å². The Hall–Kier alpha value is -0.140. The molecule has 1 fully saturated rings. The van der Waals surface area contributed by atoms with E-state index in [0.717, 1.165) is 6.26 Å². The van der Waals surface area contributed by atoms with Gasteiger partial charge in [-0.05, 0) is 12.8 Å². The molecule has 0 aliphatic carbocycles. The molecular weight excluding hydrogens is 214 g/mol. The molecule has 0 aromatic heterocycles. The van der Waals surface area contributed by atoms with Crippen molar-refractivity contribution in [1.82, 2.24) is 4.72 Å². The fraction of sp³-hybridized carbons (Fsp3) is 1.00. The van der Waals surface area contributed by atoms with Crippen LogP contribution in [0.15, 0.2) is 0 Å². The van der Waals surface area contributed by atoms with Gasteiger partial charge in [0.15, 0.2) is 9.84 Å². The van der Waals surface area contributed by atoms with E-state index in [0.29, 0.717) is 12.8 Å². The quantitative estimate of drug-likeness (QED) is 0.664. The maximum Gasteiger partial charge on any atom is 0.208 e. The molecule has 1 heterocycles. The highest BCUT2D eigenvalue weighted by atomic mass is 32.2. The lowest BCUT2D eigenvalue weighted by molar-refractivity contribution is 0.520. The molecule has 7 heteroatoms. The summed E-state index contributed by atoms with van der Waals surface area (Å²) in [5, 5.41) is 0. The second kappa shape index (κ2) is 3.55. The number of hydrogen-bond donors (Lipinski definition) is 1. The average Bonchev–Trinajstić information content (AvgIpc) is 1.79. The van der Waals surface area contributed by atoms with Crippen LogP contribution < -0.4 is 4.72 Å². The second-order valence-corrected chi connectivity index (χ2v) is 7.35. The highest BCUT2D eigenvalue weighted by Gasteiger charge is 2.26. The van der Waals surface area contributed by atoms with Crippen LogP contribution in [-0.2, 0) is 19.9 Å². The summed E-state index contributed by atoms with van der Waals surface area (Å²) in [6.45, 7) is 0. The number of sulfonamides is 1. The zero-order valence-corrected chi connectivity index (χ0v) is 8.99. The Balaban J connectivity index is 2.64. The summed E-state index contributed by atoms with van der Waals surface area (Å²) in [6, 6.07) is -0.436. The third-order valence-electron chi connectivity index (χ3n) is 1.84. The Morgan fingerprint density at radius 1 is 1.38 bits per heavy atom. The Morgan fingerprint density at radius 3 is 2.46 bits per heavy atom. The molecule has 13 heavy (non-hydrogen) atoms. The highest BCUT2D eigenvalue weighted by Crippen LogP contribution is 2.12. The van der Waals surface area contributed by atoms with E-state index in [4.69, 9.17) is 0 Å². The third kappa shape index (κ3) is 4.06. The van der Waals surface area contributed by atoms with Crippen molar-refractivity contribution in [3.05, 3.63) is 0 Å². The molecule has 1 saturated heterocycles. The lowest BCUT2D eigenvalue weighted by Crippen LogP contribution is -2.42. The summed E-state index contributed by atoms with van der Waals surface area (Å²) in [7, 11) is -6.32. The molecule has 1 rings (SSSR count). The van der Waals surface area contributed by atoms with Crippen LogP contribution in [0.4, 0.5) is 0 Å². The molecule has 1 aliphatic heterocycles. The van der Waals surface area contributed by atoms with E-state index in [1.54, 1.807) is 0 Å². The van der Waals surface area contributed by atoms with E-state index in [1.807, 2.05) is 0 Å². The number of rotatable bonds is 2. The molecule has 0 radical (unpaired) electrons. The van der Waals surface area contributed by atoms with Crippen molar-refractivity contribution in [3.8, 4) is 0 Å². The summed E-state index contributed by atoms with van der Waals surface area (Å²) in [5.41, 5.74) is 0. The van der Waals surface area contributed by atoms with Crippen molar-refractivity contribution in [1.29, 1.82) is 0 Å². The van der Waals surface area contributed by atoms with Crippen LogP contribution in [0.1, 0.15) is 12.8 Å². The predicted molar refractivity (Wildman–Crippen MR) is 49.7 cm³/mol. The van der Waals surface area contributed by atoms with Gasteiger partial charge in [-0.3, -0.25) is 0 Å². The first-order valence-electron chi connectivity index (χ1n) is 3.96. The van der Waals surface area contributed by atoms with E-state index in [-0.39, 0.29) is 11.5 Å². The van der Waals surface area contributed by atoms with Crippen molar-refractivity contribution < 1.29 is 16.8 Å². The molecule has 5 nitrogen and oxygen atoms in total. The zero-order valence-electron chi connectivity index (χ0n) is 7.36. The van der Waals surface area contributed by atoms with E-state index >= 15 is 0 Å². The fourth-order valence-electron chi connectivity index (χ4n) is 1.42. The Bertz CT molecular complexity index is 367. The molecule has 78 valence electrons. The summed E-state index contributed by atoms with van der Waals surface area (Å²) >= 11 is 0. The van der Waals surface area contributed by atoms with Crippen LogP contribution in [0.2, 0.25) is 0 Å². The largest absolute Gasteiger partial charge is 0.229 e. The average molecular weight is 227 g/mol. The number of nitrogens with one attached hydrogen (secondary N) is 1. The van der Waals surface area contributed by atoms with Crippen LogP contribution in [0, 0.1) is 0 Å². The molecule has 1 aliphatic rings. The summed E-state index contributed by atoms with van der Waals surface area (Å²) < 4.78 is 46.1. The monoisotopic (exact) mass is 227 g/mol. The van der Waals surface area contributed by atoms with Crippen molar-refractivity contribution in [3.63, 3.8) is 0 Å². The van der Waals surface area contributed by atoms with E-state index < -0.39 is 25.9 Å². The lowest BCUT2D eigenvalue weighted by atomic mass is 10.2. The third-order valence-corrected chi connectivity index (χ3v) is 4.43. The van der Waals surface area contributed by atoms with Crippen LogP contribution in [0.3, 0.4) is 0 Å². The molecule has 1 N–H and O–H groups in total. The molecule has 0 bridgehead atoms. The predicted octanol–water partition coefficient (Wildman–Crippen LogP) is -0.887. The molecule has 0 amide bonds. The van der Waals surface area contributed by atoms with Crippen molar-refractivity contribution in [2.45, 2.75) is 18.9 Å². The normalized spacial score (nSPS) is 28.5. The van der Waals surface area contributed by atoms with E-state index in [9.17, 15) is 16.8 Å². The van der Waals surface area contributed by atoms with Gasteiger partial charge in [-0.1, -0.05) is 0 Å². The Labute approximate surface area is 78.5 Å². The first kappa shape index (κ1) is 10.9. The van der Waals surface area contributed by atoms with Gasteiger partial charge >= 0.3 is 0 Å². The van der Waals surface area contributed by atoms with Crippen molar-refractivity contribution in [2.24, 2.45) is 0 Å². The molecule has 0 aromatic rings. The van der Waals surface area contributed by atoms with Crippen LogP contribution >= 0.6 is 0 Å². The van der Waals surface area contributed by atoms with Crippen LogP contribution in [-0.4, -0.2) is 40.6 Å². The van der Waals surface area contributed by atoms with Gasteiger partial charge in [0.25, 0.3) is 0 Å². The minimum atomic E-state index is -3.29. The first-order chi connectivity index (χ1) is 5.79. The van der Waals surface area contributed by atoms with Gasteiger partial charge in [0.05, 0.1) is 17.8 Å². The molecule has 1 unspecified atom stereocenters. The number of hydrogen-bond acceptors (Lipinski definition) is 4. The minimum absolute atomic E-state index is 0.0694. The maximum absolute atomic E-state index is 11.1. The smallest absolute Gasteiger partial charge is 0.208 e. The van der Waals surface area contributed by atoms with E-state index in [2.05, 4.69) is 4.72 Å². The SMILES string of the molecule is CS(=O)(=O)NC1CCCS(=O)(=O)C1. The zero-order chi connectivity index (χ0) is 10.1. The lowest BCUT2D eigenvalue weighted by Gasteiger charge is -2.21. The summed E-state index contributed by atoms with van der Waals surface area (Å²) in [6.07, 6.45) is 2.18. The topological polar surface area (TPSA) is 80.3 Å². The van der Waals surface area contributed by atoms with Crippen molar-refractivity contribution in [2.75, 3.05) is 17.8 Å². The molecule has 0 aromatic carbocycles. The van der Waals surface area contributed by atoms with Crippen molar-refractivity contribution >= 4 is 19.9 Å². The molecular formula is C6H13NO4S2. The van der Waals surface area contributed by atoms with Gasteiger partial charge in [0.2, 0.25) is 10.0 Å². The first-order valence-corrected chi connectivity index (χ1v) is 7.67. The van der Waals surface area contributed by atoms with Gasteiger partial charge in [0, 0.05) is 6.04 Å². The Morgan fingerprint density at radius 2 is 2.00 bits per heavy atom. The van der Waals surface area contributed by atoms with E-state index in [1.165, 1.54) is 0 Å². The molecule has 0 saturated carbocycles. The van der Waals surface area contributed by atoms with Gasteiger partial charge in [-0.25, -0.2) is 21.6 Å². The van der Waals surface area contributed by atoms with Gasteiger partial charge < -0.3 is 0 Å². The highest BCUT2D eigenvalue weighted by molar-refractivity contribution is 7.91. The molecule has 0 spiro atoms. The standard InChI is InChI=1S/C6H13NO4S2/c1-12(8,9)7-6-3-2-4-13(10,11)5-6/h6-7H,2-5H2,1H3. The second-order valence-electron chi connectivity index (χ2n) is 3.34. The Kier molecular flexibility index (Phi) is 2.98. The number of sulfone groups is 1. The summed E-state index contributed by atoms with van der Waals surface area (Å²) in [5.74, 6) is 0.106. The fourth-order valence-corrected chi connectivity index (χ4v) is 3.97. The van der Waals surface area contributed by atoms with Gasteiger partial charge in [0.1, 0.15) is 0 Å². The minimum Gasteiger partial charge on any atom is -0.229 e. The maximum atomic E-state index is 11.1. The van der Waals surface area contributed by atoms with Crippen LogP contribution in [0.25, 0.3) is 0 Å². The summed E-state index contributed by atoms with van der Waals surface area (Å²) in [4.78, 5) is 0.